The number of piperidine rings is 1. The van der Waals surface area contributed by atoms with Gasteiger partial charge in [0.25, 0.3) is 10.0 Å². The second-order valence-corrected chi connectivity index (χ2v) is 12.2. The molecule has 0 atom stereocenters. The van der Waals surface area contributed by atoms with Crippen molar-refractivity contribution in [3.05, 3.63) is 47.5 Å². The van der Waals surface area contributed by atoms with Crippen molar-refractivity contribution in [3.8, 4) is 0 Å². The minimum absolute atomic E-state index is 0.0322. The highest BCUT2D eigenvalue weighted by Crippen LogP contribution is 2.44. The third-order valence-electron chi connectivity index (χ3n) is 5.97. The predicted molar refractivity (Wildman–Crippen MR) is 122 cm³/mol. The van der Waals surface area contributed by atoms with E-state index in [1.165, 1.54) is 30.3 Å². The van der Waals surface area contributed by atoms with Gasteiger partial charge in [0.1, 0.15) is 6.17 Å². The van der Waals surface area contributed by atoms with Crippen molar-refractivity contribution >= 4 is 37.2 Å². The van der Waals surface area contributed by atoms with Crippen LogP contribution in [-0.2, 0) is 19.9 Å². The molecule has 0 amide bonds. The number of anilines is 2. The van der Waals surface area contributed by atoms with Crippen LogP contribution in [0, 0.1) is 0 Å². The van der Waals surface area contributed by atoms with Crippen LogP contribution in [0.15, 0.2) is 46.2 Å². The number of hydrogen-bond donors (Lipinski definition) is 2. The van der Waals surface area contributed by atoms with E-state index in [-0.39, 0.29) is 39.8 Å². The maximum atomic E-state index is 13.6. The summed E-state index contributed by atoms with van der Waals surface area (Å²) in [6, 6.07) is 8.20. The molecular weight excluding hydrogens is 471 g/mol. The molecule has 0 radical (unpaired) electrons. The van der Waals surface area contributed by atoms with Gasteiger partial charge in [-0.1, -0.05) is 6.07 Å². The van der Waals surface area contributed by atoms with Crippen LogP contribution in [-0.4, -0.2) is 53.4 Å². The molecule has 1 saturated carbocycles. The molecule has 1 aliphatic heterocycles. The number of carboxylic acids is 1. The summed E-state index contributed by atoms with van der Waals surface area (Å²) in [6.07, 6.45) is 2.27. The van der Waals surface area contributed by atoms with Gasteiger partial charge >= 0.3 is 5.97 Å². The van der Waals surface area contributed by atoms with Gasteiger partial charge in [0.05, 0.1) is 26.7 Å². The van der Waals surface area contributed by atoms with Gasteiger partial charge in [0.2, 0.25) is 0 Å². The number of carboxylic acid groups (broad SMARTS) is 1. The summed E-state index contributed by atoms with van der Waals surface area (Å²) in [6.45, 7) is 0.714. The number of nitrogens with one attached hydrogen (secondary N) is 1. The minimum Gasteiger partial charge on any atom is -0.478 e. The number of hydrogen-bond acceptors (Lipinski definition) is 6. The van der Waals surface area contributed by atoms with Crippen molar-refractivity contribution in [2.75, 3.05) is 29.0 Å². The third-order valence-corrected chi connectivity index (χ3v) is 8.50. The van der Waals surface area contributed by atoms with E-state index < -0.39 is 32.0 Å². The summed E-state index contributed by atoms with van der Waals surface area (Å²) in [5, 5.41) is 9.35. The Hall–Kier alpha value is -2.66. The average Bonchev–Trinajstić information content (AvgIpc) is 3.58. The maximum Gasteiger partial charge on any atom is 0.335 e. The van der Waals surface area contributed by atoms with Gasteiger partial charge in [0.15, 0.2) is 9.84 Å². The zero-order chi connectivity index (χ0) is 24.0. The van der Waals surface area contributed by atoms with Crippen LogP contribution in [0.3, 0.4) is 0 Å². The van der Waals surface area contributed by atoms with E-state index in [4.69, 9.17) is 0 Å². The van der Waals surface area contributed by atoms with E-state index in [0.717, 1.165) is 25.2 Å². The Morgan fingerprint density at radius 2 is 1.70 bits per heavy atom. The number of carbonyl (C=O) groups is 1. The Morgan fingerprint density at radius 1 is 1.03 bits per heavy atom. The number of halogens is 1. The topological polar surface area (TPSA) is 121 Å². The highest BCUT2D eigenvalue weighted by Gasteiger charge is 2.32. The summed E-state index contributed by atoms with van der Waals surface area (Å²) in [4.78, 5) is 13.1. The normalized spacial score (nSPS) is 17.7. The number of sulfonamides is 1. The Bertz CT molecular complexity index is 1300. The van der Waals surface area contributed by atoms with Crippen LogP contribution in [0.1, 0.15) is 47.5 Å². The molecule has 178 valence electrons. The van der Waals surface area contributed by atoms with Crippen LogP contribution in [0.25, 0.3) is 0 Å². The van der Waals surface area contributed by atoms with E-state index in [9.17, 15) is 31.1 Å². The second kappa shape index (κ2) is 8.60. The number of rotatable bonds is 7. The smallest absolute Gasteiger partial charge is 0.335 e. The van der Waals surface area contributed by atoms with Gasteiger partial charge in [-0.2, -0.15) is 0 Å². The lowest BCUT2D eigenvalue weighted by molar-refractivity contribution is 0.0696. The molecule has 0 aromatic heterocycles. The van der Waals surface area contributed by atoms with Gasteiger partial charge < -0.3 is 10.0 Å². The fourth-order valence-corrected chi connectivity index (χ4v) is 6.06. The zero-order valence-electron chi connectivity index (χ0n) is 18.0. The molecule has 1 aliphatic carbocycles. The molecule has 0 unspecified atom stereocenters. The summed E-state index contributed by atoms with van der Waals surface area (Å²) in [7, 11) is -7.87. The Kier molecular flexibility index (Phi) is 6.12. The molecule has 0 bridgehead atoms. The first-order valence-electron chi connectivity index (χ1n) is 10.6. The van der Waals surface area contributed by atoms with Crippen molar-refractivity contribution in [1.82, 2.24) is 0 Å². The molecule has 0 spiro atoms. The third kappa shape index (κ3) is 5.14. The molecule has 2 fully saturated rings. The first kappa shape index (κ1) is 23.5. The Morgan fingerprint density at radius 3 is 2.27 bits per heavy atom. The predicted octanol–water partition coefficient (Wildman–Crippen LogP) is 3.40. The molecule has 8 nitrogen and oxygen atoms in total. The van der Waals surface area contributed by atoms with Crippen molar-refractivity contribution < 1.29 is 31.1 Å². The van der Waals surface area contributed by atoms with Crippen LogP contribution < -0.4 is 9.62 Å². The molecule has 1 heterocycles. The Labute approximate surface area is 192 Å². The molecule has 11 heteroatoms. The zero-order valence-corrected chi connectivity index (χ0v) is 19.6. The monoisotopic (exact) mass is 496 g/mol. The van der Waals surface area contributed by atoms with Crippen LogP contribution in [0.5, 0.6) is 0 Å². The summed E-state index contributed by atoms with van der Waals surface area (Å²) in [5.74, 6) is -1.22. The number of benzene rings is 2. The van der Waals surface area contributed by atoms with E-state index in [1.807, 2.05) is 4.90 Å². The number of nitrogens with zero attached hydrogens (tertiary/aromatic N) is 1. The molecule has 2 aromatic carbocycles. The fourth-order valence-electron chi connectivity index (χ4n) is 4.02. The quantitative estimate of drug-likeness (QED) is 0.603. The number of sulfone groups is 1. The van der Waals surface area contributed by atoms with E-state index in [0.29, 0.717) is 24.3 Å². The molecule has 33 heavy (non-hydrogen) atoms. The van der Waals surface area contributed by atoms with Gasteiger partial charge in [-0.15, -0.1) is 0 Å². The summed E-state index contributed by atoms with van der Waals surface area (Å²) in [5.41, 5.74) is 0.874. The van der Waals surface area contributed by atoms with E-state index in [1.54, 1.807) is 0 Å². The lowest BCUT2D eigenvalue weighted by Gasteiger charge is -2.32. The maximum absolute atomic E-state index is 13.6. The van der Waals surface area contributed by atoms with Gasteiger partial charge in [-0.05, 0) is 67.5 Å². The van der Waals surface area contributed by atoms with Crippen LogP contribution >= 0.6 is 0 Å². The Balaban J connectivity index is 1.78. The molecule has 2 aliphatic rings. The van der Waals surface area contributed by atoms with Crippen molar-refractivity contribution in [2.24, 2.45) is 0 Å². The van der Waals surface area contributed by atoms with Gasteiger partial charge in [0, 0.05) is 19.3 Å². The SMILES string of the molecule is CS(=O)(=O)c1ccc(N2CCC(F)CC2)c(NS(=O)(=O)c2cc(C(=O)O)ccc2C2CC2)c1. The molecule has 1 saturated heterocycles. The largest absolute Gasteiger partial charge is 0.478 e. The first-order chi connectivity index (χ1) is 15.5. The van der Waals surface area contributed by atoms with Crippen molar-refractivity contribution in [3.63, 3.8) is 0 Å². The lowest BCUT2D eigenvalue weighted by atomic mass is 10.1. The van der Waals surface area contributed by atoms with E-state index >= 15 is 0 Å². The minimum atomic E-state index is -4.25. The first-order valence-corrected chi connectivity index (χ1v) is 14.0. The number of alkyl halides is 1. The molecule has 2 N–H and O–H groups in total. The van der Waals surface area contributed by atoms with Crippen LogP contribution in [0.2, 0.25) is 0 Å². The summed E-state index contributed by atoms with van der Waals surface area (Å²) < 4.78 is 67.3. The van der Waals surface area contributed by atoms with Crippen molar-refractivity contribution in [2.45, 2.75) is 47.6 Å². The van der Waals surface area contributed by atoms with Crippen LogP contribution in [0.4, 0.5) is 15.8 Å². The van der Waals surface area contributed by atoms with Crippen molar-refractivity contribution in [1.29, 1.82) is 0 Å². The van der Waals surface area contributed by atoms with Gasteiger partial charge in [-0.3, -0.25) is 4.72 Å². The highest BCUT2D eigenvalue weighted by atomic mass is 32.2. The molecular formula is C22H25FN2O6S2. The molecule has 2 aromatic rings. The number of aromatic carboxylic acids is 1. The highest BCUT2D eigenvalue weighted by molar-refractivity contribution is 7.92. The summed E-state index contributed by atoms with van der Waals surface area (Å²) >= 11 is 0. The second-order valence-electron chi connectivity index (χ2n) is 8.55. The van der Waals surface area contributed by atoms with Gasteiger partial charge in [-0.25, -0.2) is 26.0 Å². The van der Waals surface area contributed by atoms with E-state index in [2.05, 4.69) is 4.72 Å². The fraction of sp³-hybridized carbons (Fsp3) is 0.409. The lowest BCUT2D eigenvalue weighted by Crippen LogP contribution is -2.35. The molecule has 4 rings (SSSR count). The standard InChI is InChI=1S/C22H25FN2O6S2/c1-32(28,29)17-5-7-20(25-10-8-16(23)9-11-25)19(13-17)24-33(30,31)21-12-15(22(26)27)4-6-18(21)14-2-3-14/h4-7,12-14,16,24H,2-3,8-11H2,1H3,(H,26,27). The average molecular weight is 497 g/mol.